The second-order valence-electron chi connectivity index (χ2n) is 5.38. The molecule has 4 heteroatoms. The largest absolute Gasteiger partial charge is 0.380 e. The number of hydrogen-bond donors (Lipinski definition) is 1. The summed E-state index contributed by atoms with van der Waals surface area (Å²) in [5, 5.41) is 2.85. The summed E-state index contributed by atoms with van der Waals surface area (Å²) in [6, 6.07) is 7.89. The number of rotatable bonds is 6. The van der Waals surface area contributed by atoms with Crippen LogP contribution in [0.2, 0.25) is 0 Å². The quantitative estimate of drug-likeness (QED) is 0.858. The molecule has 0 fully saturated rings. The molecule has 0 saturated carbocycles. The zero-order chi connectivity index (χ0) is 14.3. The average molecular weight is 265 g/mol. The van der Waals surface area contributed by atoms with Gasteiger partial charge < -0.3 is 14.8 Å². The first-order valence-electron chi connectivity index (χ1n) is 6.39. The molecule has 4 nitrogen and oxygen atoms in total. The lowest BCUT2D eigenvalue weighted by Crippen LogP contribution is -2.31. The molecule has 0 atom stereocenters. The van der Waals surface area contributed by atoms with Crippen LogP contribution in [0.5, 0.6) is 0 Å². The van der Waals surface area contributed by atoms with Gasteiger partial charge in [0.2, 0.25) is 5.91 Å². The van der Waals surface area contributed by atoms with E-state index >= 15 is 0 Å². The molecule has 1 rings (SSSR count). The highest BCUT2D eigenvalue weighted by atomic mass is 16.5. The number of carbonyl (C=O) groups excluding carboxylic acids is 1. The van der Waals surface area contributed by atoms with Crippen molar-refractivity contribution in [1.29, 1.82) is 0 Å². The number of methoxy groups -OCH3 is 1. The molecule has 0 aromatic heterocycles. The van der Waals surface area contributed by atoms with Crippen LogP contribution in [0.3, 0.4) is 0 Å². The number of benzene rings is 1. The fraction of sp³-hybridized carbons (Fsp3) is 0.533. The molecule has 0 aliphatic heterocycles. The third kappa shape index (κ3) is 6.36. The summed E-state index contributed by atoms with van der Waals surface area (Å²) in [6.45, 7) is 6.89. The molecule has 0 bridgehead atoms. The lowest BCUT2D eigenvalue weighted by atomic mass is 10.1. The Morgan fingerprint density at radius 3 is 2.42 bits per heavy atom. The Kier molecular flexibility index (Phi) is 5.99. The van der Waals surface area contributed by atoms with E-state index in [1.807, 2.05) is 45.0 Å². The monoisotopic (exact) mass is 265 g/mol. The zero-order valence-corrected chi connectivity index (χ0v) is 12.2. The highest BCUT2D eigenvalue weighted by molar-refractivity contribution is 5.77. The van der Waals surface area contributed by atoms with E-state index in [0.717, 1.165) is 11.1 Å². The molecule has 1 aromatic rings. The van der Waals surface area contributed by atoms with Gasteiger partial charge in [-0.15, -0.1) is 0 Å². The summed E-state index contributed by atoms with van der Waals surface area (Å²) in [4.78, 5) is 11.7. The minimum absolute atomic E-state index is 0.0793. The van der Waals surface area contributed by atoms with Crippen molar-refractivity contribution in [3.8, 4) is 0 Å². The number of carbonyl (C=O) groups is 1. The summed E-state index contributed by atoms with van der Waals surface area (Å²) in [7, 11) is 1.66. The van der Waals surface area contributed by atoms with Gasteiger partial charge in [0, 0.05) is 13.7 Å². The average Bonchev–Trinajstić information content (AvgIpc) is 2.35. The normalized spacial score (nSPS) is 11.4. The van der Waals surface area contributed by atoms with Gasteiger partial charge >= 0.3 is 0 Å². The molecule has 106 valence electrons. The molecule has 0 aliphatic rings. The van der Waals surface area contributed by atoms with Gasteiger partial charge in [-0.25, -0.2) is 0 Å². The van der Waals surface area contributed by atoms with Gasteiger partial charge in [-0.2, -0.15) is 0 Å². The Hall–Kier alpha value is -1.39. The van der Waals surface area contributed by atoms with E-state index in [9.17, 15) is 4.79 Å². The highest BCUT2D eigenvalue weighted by Gasteiger charge is 2.12. The van der Waals surface area contributed by atoms with Crippen molar-refractivity contribution in [3.05, 3.63) is 35.4 Å². The van der Waals surface area contributed by atoms with Crippen LogP contribution in [0.1, 0.15) is 31.9 Å². The van der Waals surface area contributed by atoms with Crippen molar-refractivity contribution in [2.75, 3.05) is 13.7 Å². The summed E-state index contributed by atoms with van der Waals surface area (Å²) in [6.07, 6.45) is 0. The SMILES string of the molecule is COCc1ccccc1CNC(=O)COC(C)(C)C. The Bertz CT molecular complexity index is 410. The Labute approximate surface area is 115 Å². The van der Waals surface area contributed by atoms with Gasteiger partial charge in [0.15, 0.2) is 0 Å². The van der Waals surface area contributed by atoms with Gasteiger partial charge in [-0.05, 0) is 31.9 Å². The van der Waals surface area contributed by atoms with Crippen molar-refractivity contribution in [2.24, 2.45) is 0 Å². The predicted molar refractivity (Wildman–Crippen MR) is 74.7 cm³/mol. The molecule has 1 N–H and O–H groups in total. The van der Waals surface area contributed by atoms with Crippen LogP contribution in [0.4, 0.5) is 0 Å². The highest BCUT2D eigenvalue weighted by Crippen LogP contribution is 2.10. The van der Waals surface area contributed by atoms with Gasteiger partial charge in [0.25, 0.3) is 0 Å². The molecule has 1 amide bonds. The maximum absolute atomic E-state index is 11.7. The van der Waals surface area contributed by atoms with E-state index < -0.39 is 0 Å². The summed E-state index contributed by atoms with van der Waals surface area (Å²) in [5.74, 6) is -0.109. The molecule has 0 unspecified atom stereocenters. The number of ether oxygens (including phenoxy) is 2. The van der Waals surface area contributed by atoms with Crippen molar-refractivity contribution >= 4 is 5.91 Å². The lowest BCUT2D eigenvalue weighted by molar-refractivity contribution is -0.130. The summed E-state index contributed by atoms with van der Waals surface area (Å²) < 4.78 is 10.6. The molecule has 0 aliphatic carbocycles. The van der Waals surface area contributed by atoms with Crippen LogP contribution < -0.4 is 5.32 Å². The van der Waals surface area contributed by atoms with Gasteiger partial charge in [-0.3, -0.25) is 4.79 Å². The van der Waals surface area contributed by atoms with Crippen LogP contribution in [-0.2, 0) is 27.4 Å². The third-order valence-electron chi connectivity index (χ3n) is 2.53. The van der Waals surface area contributed by atoms with Crippen molar-refractivity contribution in [1.82, 2.24) is 5.32 Å². The Morgan fingerprint density at radius 1 is 1.21 bits per heavy atom. The van der Waals surface area contributed by atoms with Crippen LogP contribution in [-0.4, -0.2) is 25.2 Å². The van der Waals surface area contributed by atoms with Gasteiger partial charge in [-0.1, -0.05) is 24.3 Å². The number of amides is 1. The number of hydrogen-bond acceptors (Lipinski definition) is 3. The zero-order valence-electron chi connectivity index (χ0n) is 12.2. The summed E-state index contributed by atoms with van der Waals surface area (Å²) in [5.41, 5.74) is 1.85. The maximum atomic E-state index is 11.7. The first-order chi connectivity index (χ1) is 8.92. The Morgan fingerprint density at radius 2 is 1.84 bits per heavy atom. The molecule has 0 spiro atoms. The van der Waals surface area contributed by atoms with E-state index in [0.29, 0.717) is 13.2 Å². The molecular weight excluding hydrogens is 242 g/mol. The van der Waals surface area contributed by atoms with Crippen LogP contribution >= 0.6 is 0 Å². The van der Waals surface area contributed by atoms with Crippen molar-refractivity contribution < 1.29 is 14.3 Å². The molecular formula is C15H23NO3. The van der Waals surface area contributed by atoms with E-state index in [1.54, 1.807) is 7.11 Å². The molecule has 1 aromatic carbocycles. The third-order valence-corrected chi connectivity index (χ3v) is 2.53. The second kappa shape index (κ2) is 7.26. The fourth-order valence-corrected chi connectivity index (χ4v) is 1.55. The van der Waals surface area contributed by atoms with E-state index in [2.05, 4.69) is 5.32 Å². The van der Waals surface area contributed by atoms with E-state index in [4.69, 9.17) is 9.47 Å². The first-order valence-corrected chi connectivity index (χ1v) is 6.39. The van der Waals surface area contributed by atoms with Crippen LogP contribution in [0.15, 0.2) is 24.3 Å². The van der Waals surface area contributed by atoms with Crippen molar-refractivity contribution in [2.45, 2.75) is 39.5 Å². The van der Waals surface area contributed by atoms with Crippen molar-refractivity contribution in [3.63, 3.8) is 0 Å². The second-order valence-corrected chi connectivity index (χ2v) is 5.38. The standard InChI is InChI=1S/C15H23NO3/c1-15(2,3)19-11-14(17)16-9-12-7-5-6-8-13(12)10-18-4/h5-8H,9-11H2,1-4H3,(H,16,17). The Balaban J connectivity index is 2.46. The minimum atomic E-state index is -0.300. The molecule has 0 radical (unpaired) electrons. The van der Waals surface area contributed by atoms with E-state index in [1.165, 1.54) is 0 Å². The maximum Gasteiger partial charge on any atom is 0.246 e. The van der Waals surface area contributed by atoms with Gasteiger partial charge in [0.1, 0.15) is 6.61 Å². The first kappa shape index (κ1) is 15.7. The van der Waals surface area contributed by atoms with Crippen LogP contribution in [0, 0.1) is 0 Å². The predicted octanol–water partition coefficient (Wildman–Crippen LogP) is 2.26. The van der Waals surface area contributed by atoms with Gasteiger partial charge in [0.05, 0.1) is 12.2 Å². The lowest BCUT2D eigenvalue weighted by Gasteiger charge is -2.19. The van der Waals surface area contributed by atoms with E-state index in [-0.39, 0.29) is 18.1 Å². The number of nitrogens with one attached hydrogen (secondary N) is 1. The minimum Gasteiger partial charge on any atom is -0.380 e. The fourth-order valence-electron chi connectivity index (χ4n) is 1.55. The molecule has 19 heavy (non-hydrogen) atoms. The smallest absolute Gasteiger partial charge is 0.246 e. The molecule has 0 heterocycles. The molecule has 0 saturated heterocycles. The summed E-state index contributed by atoms with van der Waals surface area (Å²) >= 11 is 0. The van der Waals surface area contributed by atoms with Crippen LogP contribution in [0.25, 0.3) is 0 Å². The topological polar surface area (TPSA) is 47.6 Å².